The number of aliphatic carboxylic acids is 1. The second-order valence-corrected chi connectivity index (χ2v) is 22.4. The van der Waals surface area contributed by atoms with Crippen molar-refractivity contribution in [2.24, 2.45) is 67.2 Å². The molecule has 10 atom stereocenters. The Kier molecular flexibility index (Phi) is 13.2. The van der Waals surface area contributed by atoms with Gasteiger partial charge in [0.25, 0.3) is 6.72 Å². The van der Waals surface area contributed by atoms with E-state index in [2.05, 4.69) is 64.7 Å². The highest BCUT2D eigenvalue weighted by Gasteiger charge is 2.71. The molecule has 6 fully saturated rings. The first-order valence-electron chi connectivity index (χ1n) is 23.0. The summed E-state index contributed by atoms with van der Waals surface area (Å²) >= 11 is 0. The summed E-state index contributed by atoms with van der Waals surface area (Å²) in [5, 5.41) is 12.8. The lowest BCUT2D eigenvalue weighted by Gasteiger charge is -2.73. The van der Waals surface area contributed by atoms with Crippen LogP contribution >= 0.6 is 0 Å². The maximum absolute atomic E-state index is 14.9. The van der Waals surface area contributed by atoms with Crippen molar-refractivity contribution in [3.8, 4) is 0 Å². The molecule has 1 amide bonds. The van der Waals surface area contributed by atoms with Gasteiger partial charge in [-0.15, -0.1) is 0 Å². The molecule has 1 aromatic rings. The van der Waals surface area contributed by atoms with E-state index in [0.717, 1.165) is 64.2 Å². The fourth-order valence-electron chi connectivity index (χ4n) is 15.2. The zero-order chi connectivity index (χ0) is 45.5. The number of amides is 1. The average Bonchev–Trinajstić information content (AvgIpc) is 3.58. The first-order valence-corrected chi connectivity index (χ1v) is 23.0. The lowest BCUT2D eigenvalue weighted by atomic mass is 9.32. The van der Waals surface area contributed by atoms with E-state index in [1.165, 1.54) is 5.57 Å². The van der Waals surface area contributed by atoms with Crippen LogP contribution in [0.3, 0.4) is 0 Å². The maximum atomic E-state index is 14.9. The minimum absolute atomic E-state index is 0. The van der Waals surface area contributed by atoms with Crippen molar-refractivity contribution in [2.45, 2.75) is 153 Å². The molecule has 6 aliphatic rings. The number of carbonyl (C=O) groups excluding carboxylic acids is 2. The molecule has 7 rings (SSSR count). The number of fused-ring (bicyclic) bond motifs is 7. The molecule has 1 heterocycles. The summed E-state index contributed by atoms with van der Waals surface area (Å²) in [5.74, 6) is -5.67. The molecule has 0 aromatic heterocycles. The molecule has 1 saturated heterocycles. The van der Waals surface area contributed by atoms with Crippen LogP contribution in [0.5, 0.6) is 0 Å². The summed E-state index contributed by atoms with van der Waals surface area (Å²) in [4.78, 5) is 45.9. The highest BCUT2D eigenvalue weighted by molar-refractivity contribution is 5.81. The van der Waals surface area contributed by atoms with Crippen molar-refractivity contribution < 1.29 is 46.6 Å². The molecule has 5 saturated carbocycles. The van der Waals surface area contributed by atoms with Crippen molar-refractivity contribution >= 4 is 30.3 Å². The van der Waals surface area contributed by atoms with Gasteiger partial charge in [0.1, 0.15) is 11.2 Å². The van der Waals surface area contributed by atoms with Gasteiger partial charge in [0, 0.05) is 54.9 Å². The van der Waals surface area contributed by atoms with Gasteiger partial charge in [0.2, 0.25) is 11.6 Å². The van der Waals surface area contributed by atoms with Crippen molar-refractivity contribution in [1.82, 2.24) is 9.80 Å². The van der Waals surface area contributed by atoms with E-state index < -0.39 is 51.9 Å². The van der Waals surface area contributed by atoms with Gasteiger partial charge in [-0.05, 0) is 136 Å². The topological polar surface area (TPSA) is 114 Å². The summed E-state index contributed by atoms with van der Waals surface area (Å²) in [6.07, 6.45) is 10.1. The maximum Gasteiger partial charge on any atom is 0.309 e. The van der Waals surface area contributed by atoms with Gasteiger partial charge in [0.05, 0.1) is 11.8 Å². The molecule has 63 heavy (non-hydrogen) atoms. The Morgan fingerprint density at radius 1 is 0.841 bits per heavy atom. The normalized spacial score (nSPS) is 36.0. The number of esters is 1. The zero-order valence-electron chi connectivity index (χ0n) is 38.3. The smallest absolute Gasteiger partial charge is 0.309 e. The molecule has 350 valence electrons. The van der Waals surface area contributed by atoms with E-state index in [0.29, 0.717) is 62.2 Å². The van der Waals surface area contributed by atoms with E-state index in [9.17, 15) is 37.1 Å². The van der Waals surface area contributed by atoms with Gasteiger partial charge in [0.15, 0.2) is 23.3 Å². The fraction of sp³-hybridized carbons (Fsp3) is 0.760. The number of allylic oxidation sites excluding steroid dienone is 1. The van der Waals surface area contributed by atoms with Gasteiger partial charge in [-0.1, -0.05) is 54.2 Å². The third-order valence-corrected chi connectivity index (χ3v) is 18.7. The number of ether oxygens (including phenoxy) is 1. The number of piperazine rings is 1. The van der Waals surface area contributed by atoms with Crippen LogP contribution in [-0.4, -0.2) is 76.5 Å². The molecular formula is C50H73F4N4O5+. The highest BCUT2D eigenvalue weighted by Crippen LogP contribution is 2.78. The van der Waals surface area contributed by atoms with Gasteiger partial charge in [-0.3, -0.25) is 19.3 Å². The van der Waals surface area contributed by atoms with Crippen molar-refractivity contribution in [2.75, 3.05) is 26.2 Å². The number of benzene rings is 1. The Morgan fingerprint density at radius 2 is 1.48 bits per heavy atom. The van der Waals surface area contributed by atoms with E-state index >= 15 is 0 Å². The van der Waals surface area contributed by atoms with Crippen LogP contribution in [0.1, 0.15) is 145 Å². The van der Waals surface area contributed by atoms with Gasteiger partial charge in [-0.2, -0.15) is 0 Å². The van der Waals surface area contributed by atoms with Crippen molar-refractivity contribution in [3.05, 3.63) is 41.0 Å². The first kappa shape index (κ1) is 48.9. The summed E-state index contributed by atoms with van der Waals surface area (Å²) in [7, 11) is 0. The second-order valence-electron chi connectivity index (χ2n) is 22.4. The molecule has 1 aromatic carbocycles. The third kappa shape index (κ3) is 7.80. The number of nitrogens with zero attached hydrogens (tertiary/aromatic N) is 4. The van der Waals surface area contributed by atoms with Crippen LogP contribution in [0, 0.1) is 85.3 Å². The molecular weight excluding hydrogens is 813 g/mol. The third-order valence-electron chi connectivity index (χ3n) is 18.7. The summed E-state index contributed by atoms with van der Waals surface area (Å²) < 4.78 is 65.2. The Morgan fingerprint density at radius 3 is 2.06 bits per heavy atom. The van der Waals surface area contributed by atoms with E-state index in [1.807, 2.05) is 4.90 Å². The molecule has 9 nitrogen and oxygen atoms in total. The molecule has 13 heteroatoms. The quantitative estimate of drug-likeness (QED) is 0.0476. The first-order chi connectivity index (χ1) is 28.9. The number of carbonyl (C=O) groups is 3. The molecule has 0 bridgehead atoms. The minimum atomic E-state index is -1.61. The van der Waals surface area contributed by atoms with Crippen LogP contribution in [-0.2, 0) is 25.7 Å². The number of carboxylic acid groups (broad SMARTS) is 1. The Labute approximate surface area is 372 Å². The molecule has 0 spiro atoms. The molecule has 0 radical (unpaired) electrons. The van der Waals surface area contributed by atoms with E-state index in [-0.39, 0.29) is 59.5 Å². The highest BCUT2D eigenvalue weighted by atomic mass is 19.2. The number of carboxylic acids is 1. The Bertz CT molecular complexity index is 2030. The number of hydrogen-bond acceptors (Lipinski definition) is 6. The fourth-order valence-corrected chi connectivity index (χ4v) is 15.2. The molecule has 5 aliphatic carbocycles. The number of halogens is 4. The predicted molar refractivity (Wildman–Crippen MR) is 234 cm³/mol. The van der Waals surface area contributed by atoms with Crippen LogP contribution in [0.15, 0.2) is 17.3 Å². The van der Waals surface area contributed by atoms with E-state index in [1.54, 1.807) is 18.7 Å². The monoisotopic (exact) mass is 886 g/mol. The number of rotatable bonds is 10. The van der Waals surface area contributed by atoms with Gasteiger partial charge < -0.3 is 14.7 Å². The predicted octanol–water partition coefficient (Wildman–Crippen LogP) is 11.0. The largest absolute Gasteiger partial charge is 0.481 e. The second kappa shape index (κ2) is 17.0. The summed E-state index contributed by atoms with van der Waals surface area (Å²) in [6, 6.07) is 0. The lowest BCUT2D eigenvalue weighted by Crippen LogP contribution is -2.67. The van der Waals surface area contributed by atoms with Gasteiger partial charge in [-0.25, -0.2) is 17.6 Å². The van der Waals surface area contributed by atoms with Crippen LogP contribution in [0.2, 0.25) is 0 Å². The SMILES string of the molecule is C.C=[N+]=Nc1c(F)c(F)c(CN2CCN(C(=O)C[C@]34CC[C@@H](C(=C)C)[C@@H]3[C@H]3CC[C@@H]5[C@@]6(C)CC[C@H](OC(=O)CC(C)(C)C(=O)O)C(C)(C)[C@@H]6CC[C@@]5(C)[C@]3(C)CC4)CC2)c(F)c1F. The standard InChI is InChI=1S/C49H68F4N4O5.CH4/c1-28(2)29-13-18-49(25-35(58)57-23-21-56(22-24-57)27-30-38(50)40(52)42(55-54-10)41(53)39(30)51)20-19-47(8)31(37(29)49)11-12-33-46(7)16-15-34(62-36(59)26-44(3,4)43(60)61)45(5,6)32(46)14-17-48(33,47)9;/h29,31-34,37H,1,10-27H2,2-9H3;1H4/p+1/t29-,31+,32-,33+,34-,37+,46-,47+,48+,49+;/m0./s1. The zero-order valence-corrected chi connectivity index (χ0v) is 38.3. The Hall–Kier alpha value is -3.57. The lowest BCUT2D eigenvalue weighted by molar-refractivity contribution is -0.250. The van der Waals surface area contributed by atoms with Crippen molar-refractivity contribution in [3.63, 3.8) is 0 Å². The average molecular weight is 886 g/mol. The minimum Gasteiger partial charge on any atom is -0.481 e. The van der Waals surface area contributed by atoms with Crippen LogP contribution in [0.4, 0.5) is 23.2 Å². The molecule has 1 aliphatic heterocycles. The summed E-state index contributed by atoms with van der Waals surface area (Å²) in [6.45, 7) is 26.0. The van der Waals surface area contributed by atoms with Crippen molar-refractivity contribution in [1.29, 1.82) is 0 Å². The van der Waals surface area contributed by atoms with Crippen LogP contribution in [0.25, 0.3) is 0 Å². The molecule has 1 N–H and O–H groups in total. The summed E-state index contributed by atoms with van der Waals surface area (Å²) in [5.41, 5.74) is -2.11. The van der Waals surface area contributed by atoms with Gasteiger partial charge >= 0.3 is 11.9 Å². The molecule has 0 unspecified atom stereocenters. The Balaban J connectivity index is 0.00000661. The van der Waals surface area contributed by atoms with Crippen LogP contribution < -0.4 is 0 Å². The van der Waals surface area contributed by atoms with E-state index in [4.69, 9.17) is 4.74 Å². The number of hydrogen-bond donors (Lipinski definition) is 1.